The number of hydrogen-bond donors (Lipinski definition) is 0. The average Bonchev–Trinajstić information content (AvgIpc) is 2.52. The van der Waals surface area contributed by atoms with Crippen LogP contribution in [-0.4, -0.2) is 60.6 Å². The van der Waals surface area contributed by atoms with Crippen molar-refractivity contribution in [1.82, 2.24) is 14.8 Å². The van der Waals surface area contributed by atoms with Gasteiger partial charge < -0.3 is 14.5 Å². The maximum absolute atomic E-state index is 12.7. The third-order valence-electron chi connectivity index (χ3n) is 3.66. The van der Waals surface area contributed by atoms with Crippen molar-refractivity contribution in [3.63, 3.8) is 0 Å². The van der Waals surface area contributed by atoms with Crippen LogP contribution >= 0.6 is 0 Å². The Morgan fingerprint density at radius 2 is 2.19 bits per heavy atom. The lowest BCUT2D eigenvalue weighted by Crippen LogP contribution is -2.44. The van der Waals surface area contributed by atoms with Crippen LogP contribution < -0.4 is 0 Å². The number of rotatable bonds is 6. The predicted molar refractivity (Wildman–Crippen MR) is 81.8 cm³/mol. The summed E-state index contributed by atoms with van der Waals surface area (Å²) in [4.78, 5) is 21.0. The Kier molecular flexibility index (Phi) is 6.14. The second kappa shape index (κ2) is 8.10. The maximum Gasteiger partial charge on any atom is 0.252 e. The Labute approximate surface area is 126 Å². The molecule has 0 radical (unpaired) electrons. The maximum atomic E-state index is 12.7. The third-order valence-corrected chi connectivity index (χ3v) is 3.66. The van der Waals surface area contributed by atoms with Gasteiger partial charge in [-0.05, 0) is 45.5 Å². The zero-order valence-corrected chi connectivity index (χ0v) is 13.0. The summed E-state index contributed by atoms with van der Waals surface area (Å²) >= 11 is 0. The monoisotopic (exact) mass is 291 g/mol. The summed E-state index contributed by atoms with van der Waals surface area (Å²) in [6, 6.07) is 5.80. The van der Waals surface area contributed by atoms with Crippen LogP contribution in [0.4, 0.5) is 0 Å². The third kappa shape index (κ3) is 5.10. The highest BCUT2D eigenvalue weighted by molar-refractivity contribution is 5.81. The molecule has 0 bridgehead atoms. The van der Waals surface area contributed by atoms with Gasteiger partial charge in [-0.25, -0.2) is 0 Å². The number of carbonyl (C=O) groups is 1. The Hall–Kier alpha value is -1.46. The molecule has 1 amide bonds. The highest BCUT2D eigenvalue weighted by Crippen LogP contribution is 2.16. The van der Waals surface area contributed by atoms with Gasteiger partial charge in [0.1, 0.15) is 6.10 Å². The van der Waals surface area contributed by atoms with E-state index in [4.69, 9.17) is 4.74 Å². The van der Waals surface area contributed by atoms with Gasteiger partial charge in [0, 0.05) is 25.9 Å². The van der Waals surface area contributed by atoms with Gasteiger partial charge in [0.2, 0.25) is 0 Å². The van der Waals surface area contributed by atoms with Crippen LogP contribution in [-0.2, 0) is 16.1 Å². The normalized spacial score (nSPS) is 18.7. The van der Waals surface area contributed by atoms with Crippen LogP contribution in [0, 0.1) is 0 Å². The fraction of sp³-hybridized carbons (Fsp3) is 0.625. The summed E-state index contributed by atoms with van der Waals surface area (Å²) in [7, 11) is 4.03. The molecule has 2 rings (SSSR count). The molecule has 1 aromatic heterocycles. The summed E-state index contributed by atoms with van der Waals surface area (Å²) in [5, 5.41) is 0. The van der Waals surface area contributed by atoms with Crippen molar-refractivity contribution in [1.29, 1.82) is 0 Å². The lowest BCUT2D eigenvalue weighted by Gasteiger charge is -2.30. The minimum Gasteiger partial charge on any atom is -0.368 e. The first-order valence-corrected chi connectivity index (χ1v) is 7.62. The molecule has 1 atom stereocenters. The predicted octanol–water partition coefficient (Wildman–Crippen LogP) is 1.54. The van der Waals surface area contributed by atoms with E-state index < -0.39 is 0 Å². The minimum atomic E-state index is -0.273. The standard InChI is InChI=1S/C16H25N3O2/c1-18(2)10-11-19(13-14-7-3-5-9-17-14)16(20)15-8-4-6-12-21-15/h3,5,7,9,15H,4,6,8,10-13H2,1-2H3. The van der Waals surface area contributed by atoms with Crippen molar-refractivity contribution in [3.8, 4) is 0 Å². The van der Waals surface area contributed by atoms with E-state index in [-0.39, 0.29) is 12.0 Å². The highest BCUT2D eigenvalue weighted by atomic mass is 16.5. The van der Waals surface area contributed by atoms with E-state index in [2.05, 4.69) is 9.88 Å². The molecule has 0 spiro atoms. The molecule has 1 aromatic rings. The molecule has 1 aliphatic heterocycles. The van der Waals surface area contributed by atoms with Crippen LogP contribution in [0.5, 0.6) is 0 Å². The van der Waals surface area contributed by atoms with Crippen LogP contribution in [0.3, 0.4) is 0 Å². The molecule has 5 nitrogen and oxygen atoms in total. The first kappa shape index (κ1) is 15.9. The number of carbonyl (C=O) groups excluding carboxylic acids is 1. The van der Waals surface area contributed by atoms with Crippen molar-refractivity contribution in [2.24, 2.45) is 0 Å². The Morgan fingerprint density at radius 1 is 1.33 bits per heavy atom. The Balaban J connectivity index is 2.01. The molecule has 1 fully saturated rings. The molecular weight excluding hydrogens is 266 g/mol. The van der Waals surface area contributed by atoms with Crippen LogP contribution in [0.15, 0.2) is 24.4 Å². The number of amides is 1. The van der Waals surface area contributed by atoms with E-state index in [1.54, 1.807) is 6.20 Å². The van der Waals surface area contributed by atoms with Gasteiger partial charge in [0.25, 0.3) is 5.91 Å². The van der Waals surface area contributed by atoms with Gasteiger partial charge >= 0.3 is 0 Å². The molecular formula is C16H25N3O2. The number of nitrogens with zero attached hydrogens (tertiary/aromatic N) is 3. The second-order valence-electron chi connectivity index (χ2n) is 5.74. The summed E-state index contributed by atoms with van der Waals surface area (Å²) in [6.45, 7) is 2.78. The van der Waals surface area contributed by atoms with Gasteiger partial charge in [0.15, 0.2) is 0 Å². The molecule has 0 aromatic carbocycles. The van der Waals surface area contributed by atoms with Crippen molar-refractivity contribution in [3.05, 3.63) is 30.1 Å². The lowest BCUT2D eigenvalue weighted by molar-refractivity contribution is -0.147. The number of hydrogen-bond acceptors (Lipinski definition) is 4. The number of pyridine rings is 1. The summed E-state index contributed by atoms with van der Waals surface area (Å²) in [6.07, 6.45) is 4.45. The van der Waals surface area contributed by atoms with Gasteiger partial charge in [0.05, 0.1) is 12.2 Å². The summed E-state index contributed by atoms with van der Waals surface area (Å²) in [5.41, 5.74) is 0.917. The largest absolute Gasteiger partial charge is 0.368 e. The fourth-order valence-electron chi connectivity index (χ4n) is 2.41. The first-order chi connectivity index (χ1) is 10.2. The molecule has 0 N–H and O–H groups in total. The zero-order chi connectivity index (χ0) is 15.1. The topological polar surface area (TPSA) is 45.7 Å². The van der Waals surface area contributed by atoms with Gasteiger partial charge in [-0.15, -0.1) is 0 Å². The van der Waals surface area contributed by atoms with E-state index in [0.29, 0.717) is 19.7 Å². The SMILES string of the molecule is CN(C)CCN(Cc1ccccn1)C(=O)C1CCCCO1. The smallest absolute Gasteiger partial charge is 0.252 e. The molecule has 2 heterocycles. The summed E-state index contributed by atoms with van der Waals surface area (Å²) < 4.78 is 5.64. The Morgan fingerprint density at radius 3 is 2.81 bits per heavy atom. The molecule has 5 heteroatoms. The van der Waals surface area contributed by atoms with Crippen molar-refractivity contribution >= 4 is 5.91 Å². The molecule has 0 saturated carbocycles. The summed E-state index contributed by atoms with van der Waals surface area (Å²) in [5.74, 6) is 0.0993. The van der Waals surface area contributed by atoms with Gasteiger partial charge in [-0.2, -0.15) is 0 Å². The number of aromatic nitrogens is 1. The average molecular weight is 291 g/mol. The fourth-order valence-corrected chi connectivity index (χ4v) is 2.41. The molecule has 1 saturated heterocycles. The van der Waals surface area contributed by atoms with Crippen LogP contribution in [0.25, 0.3) is 0 Å². The second-order valence-corrected chi connectivity index (χ2v) is 5.74. The number of ether oxygens (including phenoxy) is 1. The van der Waals surface area contributed by atoms with Crippen LogP contribution in [0.2, 0.25) is 0 Å². The molecule has 116 valence electrons. The zero-order valence-electron chi connectivity index (χ0n) is 13.0. The highest BCUT2D eigenvalue weighted by Gasteiger charge is 2.27. The van der Waals surface area contributed by atoms with Crippen molar-refractivity contribution in [2.75, 3.05) is 33.8 Å². The number of likely N-dealkylation sites (N-methyl/N-ethyl adjacent to an activating group) is 1. The Bertz CT molecular complexity index is 430. The minimum absolute atomic E-state index is 0.0993. The van der Waals surface area contributed by atoms with Crippen LogP contribution in [0.1, 0.15) is 25.0 Å². The van der Waals surface area contributed by atoms with Crippen molar-refractivity contribution in [2.45, 2.75) is 31.9 Å². The van der Waals surface area contributed by atoms with E-state index in [9.17, 15) is 4.79 Å². The van der Waals surface area contributed by atoms with E-state index in [1.165, 1.54) is 0 Å². The van der Waals surface area contributed by atoms with Gasteiger partial charge in [-0.3, -0.25) is 9.78 Å². The van der Waals surface area contributed by atoms with E-state index >= 15 is 0 Å². The quantitative estimate of drug-likeness (QED) is 0.797. The van der Waals surface area contributed by atoms with E-state index in [0.717, 1.165) is 31.5 Å². The van der Waals surface area contributed by atoms with E-state index in [1.807, 2.05) is 37.2 Å². The molecule has 1 aliphatic rings. The van der Waals surface area contributed by atoms with Crippen molar-refractivity contribution < 1.29 is 9.53 Å². The molecule has 0 aliphatic carbocycles. The lowest BCUT2D eigenvalue weighted by atomic mass is 10.1. The molecule has 1 unspecified atom stereocenters. The first-order valence-electron chi connectivity index (χ1n) is 7.62. The van der Waals surface area contributed by atoms with Gasteiger partial charge in [-0.1, -0.05) is 6.07 Å². The molecule has 21 heavy (non-hydrogen) atoms.